The molecule has 0 fully saturated rings. The van der Waals surface area contributed by atoms with E-state index in [1.165, 1.54) is 5.56 Å². The first-order chi connectivity index (χ1) is 7.75. The van der Waals surface area contributed by atoms with Gasteiger partial charge in [-0.05, 0) is 34.5 Å². The van der Waals surface area contributed by atoms with Crippen LogP contribution in [0.4, 0.5) is 5.69 Å². The number of aromatic nitrogens is 1. The maximum absolute atomic E-state index is 5.46. The molecule has 0 amide bonds. The molecule has 0 aromatic carbocycles. The average Bonchev–Trinajstić information content (AvgIpc) is 2.80. The van der Waals surface area contributed by atoms with Crippen molar-refractivity contribution in [3.63, 3.8) is 0 Å². The van der Waals surface area contributed by atoms with Gasteiger partial charge in [0.2, 0.25) is 0 Å². The maximum atomic E-state index is 5.46. The molecule has 0 bridgehead atoms. The van der Waals surface area contributed by atoms with Crippen LogP contribution in [0.5, 0.6) is 0 Å². The summed E-state index contributed by atoms with van der Waals surface area (Å²) < 4.78 is 0. The van der Waals surface area contributed by atoms with E-state index in [1.54, 1.807) is 17.5 Å². The van der Waals surface area contributed by atoms with Crippen LogP contribution in [0, 0.1) is 0 Å². The fourth-order valence-electron chi connectivity index (χ4n) is 1.24. The molecule has 0 aliphatic heterocycles. The van der Waals surface area contributed by atoms with Crippen molar-refractivity contribution in [2.24, 2.45) is 5.73 Å². The highest BCUT2D eigenvalue weighted by atomic mass is 32.1. The van der Waals surface area contributed by atoms with Crippen LogP contribution < -0.4 is 11.1 Å². The van der Waals surface area contributed by atoms with E-state index in [4.69, 9.17) is 18.0 Å². The Morgan fingerprint density at radius 3 is 2.88 bits per heavy atom. The van der Waals surface area contributed by atoms with Crippen molar-refractivity contribution >= 4 is 34.2 Å². The Labute approximate surface area is 103 Å². The van der Waals surface area contributed by atoms with Crippen LogP contribution in [0.1, 0.15) is 11.3 Å². The summed E-state index contributed by atoms with van der Waals surface area (Å²) >= 11 is 6.52. The van der Waals surface area contributed by atoms with Crippen molar-refractivity contribution in [1.29, 1.82) is 0 Å². The molecule has 0 spiro atoms. The molecule has 0 saturated carbocycles. The van der Waals surface area contributed by atoms with Gasteiger partial charge in [-0.25, -0.2) is 0 Å². The van der Waals surface area contributed by atoms with E-state index in [9.17, 15) is 0 Å². The lowest BCUT2D eigenvalue weighted by Crippen LogP contribution is -2.11. The number of nitrogens with two attached hydrogens (primary N) is 1. The van der Waals surface area contributed by atoms with Gasteiger partial charge in [-0.15, -0.1) is 0 Å². The molecule has 0 aliphatic rings. The first kappa shape index (κ1) is 11.0. The lowest BCUT2D eigenvalue weighted by molar-refractivity contribution is 1.15. The van der Waals surface area contributed by atoms with Crippen LogP contribution >= 0.6 is 23.6 Å². The lowest BCUT2D eigenvalue weighted by Gasteiger charge is -2.05. The summed E-state index contributed by atoms with van der Waals surface area (Å²) in [6.45, 7) is 0.803. The predicted molar refractivity (Wildman–Crippen MR) is 71.8 cm³/mol. The molecule has 2 aromatic rings. The van der Waals surface area contributed by atoms with Gasteiger partial charge in [0.15, 0.2) is 0 Å². The Balaban J connectivity index is 1.98. The Kier molecular flexibility index (Phi) is 3.48. The van der Waals surface area contributed by atoms with Gasteiger partial charge in [-0.1, -0.05) is 12.2 Å². The lowest BCUT2D eigenvalue weighted by atomic mass is 10.3. The maximum Gasteiger partial charge on any atom is 0.122 e. The van der Waals surface area contributed by atoms with E-state index < -0.39 is 0 Å². The zero-order chi connectivity index (χ0) is 11.4. The van der Waals surface area contributed by atoms with E-state index in [1.807, 2.05) is 12.1 Å². The highest BCUT2D eigenvalue weighted by Gasteiger charge is 1.98. The highest BCUT2D eigenvalue weighted by molar-refractivity contribution is 7.80. The number of anilines is 1. The van der Waals surface area contributed by atoms with Gasteiger partial charge in [0, 0.05) is 6.54 Å². The standard InChI is InChI=1S/C11H11N3S2/c12-11(15)10-2-1-9(6-14-10)13-5-8-3-4-16-7-8/h1-4,6-7,13H,5H2,(H2,12,15). The summed E-state index contributed by atoms with van der Waals surface area (Å²) in [4.78, 5) is 4.48. The zero-order valence-corrected chi connectivity index (χ0v) is 10.1. The monoisotopic (exact) mass is 249 g/mol. The molecule has 0 atom stereocenters. The topological polar surface area (TPSA) is 50.9 Å². The highest BCUT2D eigenvalue weighted by Crippen LogP contribution is 2.10. The summed E-state index contributed by atoms with van der Waals surface area (Å²) in [6.07, 6.45) is 1.74. The van der Waals surface area contributed by atoms with Gasteiger partial charge in [-0.3, -0.25) is 4.98 Å². The first-order valence-corrected chi connectivity index (χ1v) is 6.11. The Hall–Kier alpha value is -1.46. The fraction of sp³-hybridized carbons (Fsp3) is 0.0909. The quantitative estimate of drug-likeness (QED) is 0.817. The largest absolute Gasteiger partial charge is 0.388 e. The molecule has 2 rings (SSSR count). The van der Waals surface area contributed by atoms with Gasteiger partial charge >= 0.3 is 0 Å². The van der Waals surface area contributed by atoms with E-state index in [0.717, 1.165) is 12.2 Å². The van der Waals surface area contributed by atoms with Crippen molar-refractivity contribution in [2.45, 2.75) is 6.54 Å². The van der Waals surface area contributed by atoms with E-state index in [2.05, 4.69) is 27.1 Å². The third-order valence-electron chi connectivity index (χ3n) is 2.09. The predicted octanol–water partition coefficient (Wildman–Crippen LogP) is 2.39. The minimum absolute atomic E-state index is 0.324. The van der Waals surface area contributed by atoms with Gasteiger partial charge < -0.3 is 11.1 Å². The number of thiocarbonyl (C=S) groups is 1. The van der Waals surface area contributed by atoms with Crippen LogP contribution in [0.2, 0.25) is 0 Å². The molecular weight excluding hydrogens is 238 g/mol. The van der Waals surface area contributed by atoms with Crippen molar-refractivity contribution in [2.75, 3.05) is 5.32 Å². The molecule has 0 radical (unpaired) electrons. The van der Waals surface area contributed by atoms with Gasteiger partial charge in [0.1, 0.15) is 4.99 Å². The number of nitrogens with one attached hydrogen (secondary N) is 1. The summed E-state index contributed by atoms with van der Waals surface area (Å²) in [6, 6.07) is 5.83. The Morgan fingerprint density at radius 1 is 1.44 bits per heavy atom. The molecule has 2 aromatic heterocycles. The average molecular weight is 249 g/mol. The second-order valence-corrected chi connectivity index (χ2v) is 4.50. The molecule has 0 aliphatic carbocycles. The van der Waals surface area contributed by atoms with Crippen LogP contribution in [-0.2, 0) is 6.54 Å². The van der Waals surface area contributed by atoms with Gasteiger partial charge in [-0.2, -0.15) is 11.3 Å². The minimum Gasteiger partial charge on any atom is -0.388 e. The molecule has 0 unspecified atom stereocenters. The molecule has 2 heterocycles. The molecule has 16 heavy (non-hydrogen) atoms. The second-order valence-electron chi connectivity index (χ2n) is 3.28. The molecule has 3 nitrogen and oxygen atoms in total. The van der Waals surface area contributed by atoms with E-state index >= 15 is 0 Å². The van der Waals surface area contributed by atoms with Crippen molar-refractivity contribution in [1.82, 2.24) is 4.98 Å². The van der Waals surface area contributed by atoms with E-state index in [0.29, 0.717) is 10.7 Å². The van der Waals surface area contributed by atoms with Crippen molar-refractivity contribution in [3.05, 3.63) is 46.4 Å². The van der Waals surface area contributed by atoms with Crippen LogP contribution in [0.3, 0.4) is 0 Å². The number of pyridine rings is 1. The van der Waals surface area contributed by atoms with E-state index in [-0.39, 0.29) is 0 Å². The Morgan fingerprint density at radius 2 is 2.31 bits per heavy atom. The molecule has 82 valence electrons. The zero-order valence-electron chi connectivity index (χ0n) is 8.51. The third kappa shape index (κ3) is 2.77. The van der Waals surface area contributed by atoms with Crippen molar-refractivity contribution in [3.8, 4) is 0 Å². The Bertz CT molecular complexity index is 462. The minimum atomic E-state index is 0.324. The summed E-state index contributed by atoms with van der Waals surface area (Å²) in [5.41, 5.74) is 8.35. The number of rotatable bonds is 4. The van der Waals surface area contributed by atoms with Crippen LogP contribution in [0.25, 0.3) is 0 Å². The molecule has 3 N–H and O–H groups in total. The van der Waals surface area contributed by atoms with Crippen LogP contribution in [0.15, 0.2) is 35.2 Å². The normalized spacial score (nSPS) is 10.0. The summed E-state index contributed by atoms with van der Waals surface area (Å²) in [7, 11) is 0. The molecule has 5 heteroatoms. The molecule has 0 saturated heterocycles. The van der Waals surface area contributed by atoms with Gasteiger partial charge in [0.05, 0.1) is 17.6 Å². The third-order valence-corrected chi connectivity index (χ3v) is 3.03. The number of hydrogen-bond donors (Lipinski definition) is 2. The summed E-state index contributed by atoms with van der Waals surface area (Å²) in [5.74, 6) is 0. The van der Waals surface area contributed by atoms with Crippen molar-refractivity contribution < 1.29 is 0 Å². The van der Waals surface area contributed by atoms with Gasteiger partial charge in [0.25, 0.3) is 0 Å². The fourth-order valence-corrected chi connectivity index (χ4v) is 2.03. The number of hydrogen-bond acceptors (Lipinski definition) is 4. The summed E-state index contributed by atoms with van der Waals surface area (Å²) in [5, 5.41) is 7.45. The number of nitrogens with zero attached hydrogens (tertiary/aromatic N) is 1. The van der Waals surface area contributed by atoms with Crippen LogP contribution in [-0.4, -0.2) is 9.97 Å². The molecular formula is C11H11N3S2. The SMILES string of the molecule is NC(=S)c1ccc(NCc2ccsc2)cn1. The number of thiophene rings is 1. The smallest absolute Gasteiger partial charge is 0.122 e. The second kappa shape index (κ2) is 5.05. The first-order valence-electron chi connectivity index (χ1n) is 4.76.